The maximum Gasteiger partial charge on any atom is 0.318 e. The zero-order chi connectivity index (χ0) is 11.3. The summed E-state index contributed by atoms with van der Waals surface area (Å²) in [5.41, 5.74) is 4.76. The van der Waals surface area contributed by atoms with Crippen LogP contribution >= 0.6 is 0 Å². The summed E-state index contributed by atoms with van der Waals surface area (Å²) in [5.74, 6) is 1.08. The fourth-order valence-corrected chi connectivity index (χ4v) is 1.06. The predicted molar refractivity (Wildman–Crippen MR) is 52.9 cm³/mol. The van der Waals surface area contributed by atoms with Gasteiger partial charge in [0.1, 0.15) is 11.5 Å². The van der Waals surface area contributed by atoms with Gasteiger partial charge in [0.2, 0.25) is 5.91 Å². The minimum Gasteiger partial charge on any atom is -0.465 e. The molecule has 1 aromatic heterocycles. The van der Waals surface area contributed by atoms with Gasteiger partial charge in [-0.3, -0.25) is 10.1 Å². The standard InChI is InChI=1S/C9H13N3O3/c1-6-2-3-7(15-6)4-11-5-8(13)12-9(10)14/h2-3,11H,4-5H2,1H3,(H3,10,12,13,14). The second-order valence-corrected chi connectivity index (χ2v) is 3.03. The molecule has 6 heteroatoms. The minimum atomic E-state index is -0.851. The van der Waals surface area contributed by atoms with Crippen LogP contribution in [0.25, 0.3) is 0 Å². The van der Waals surface area contributed by atoms with E-state index in [0.29, 0.717) is 6.54 Å². The molecule has 0 aromatic carbocycles. The first-order valence-electron chi connectivity index (χ1n) is 4.43. The molecular weight excluding hydrogens is 198 g/mol. The van der Waals surface area contributed by atoms with Crippen molar-refractivity contribution in [2.45, 2.75) is 13.5 Å². The summed E-state index contributed by atoms with van der Waals surface area (Å²) < 4.78 is 5.26. The number of carbonyl (C=O) groups is 2. The van der Waals surface area contributed by atoms with E-state index in [-0.39, 0.29) is 6.54 Å². The highest BCUT2D eigenvalue weighted by Crippen LogP contribution is 2.04. The van der Waals surface area contributed by atoms with Crippen molar-refractivity contribution in [3.8, 4) is 0 Å². The van der Waals surface area contributed by atoms with Crippen molar-refractivity contribution in [1.82, 2.24) is 10.6 Å². The third-order valence-electron chi connectivity index (χ3n) is 1.64. The number of carbonyl (C=O) groups excluding carboxylic acids is 2. The SMILES string of the molecule is Cc1ccc(CNCC(=O)NC(N)=O)o1. The van der Waals surface area contributed by atoms with E-state index in [1.165, 1.54) is 0 Å². The lowest BCUT2D eigenvalue weighted by Gasteiger charge is -2.01. The van der Waals surface area contributed by atoms with E-state index in [2.05, 4.69) is 5.32 Å². The molecule has 0 aliphatic carbocycles. The van der Waals surface area contributed by atoms with E-state index in [0.717, 1.165) is 11.5 Å². The molecule has 1 rings (SSSR count). The number of nitrogens with two attached hydrogens (primary N) is 1. The molecule has 6 nitrogen and oxygen atoms in total. The number of hydrogen-bond donors (Lipinski definition) is 3. The van der Waals surface area contributed by atoms with Crippen molar-refractivity contribution in [1.29, 1.82) is 0 Å². The van der Waals surface area contributed by atoms with Gasteiger partial charge >= 0.3 is 6.03 Å². The van der Waals surface area contributed by atoms with Gasteiger partial charge in [0.05, 0.1) is 13.1 Å². The van der Waals surface area contributed by atoms with Crippen LogP contribution < -0.4 is 16.4 Å². The number of aryl methyl sites for hydroxylation is 1. The van der Waals surface area contributed by atoms with Crippen molar-refractivity contribution < 1.29 is 14.0 Å². The summed E-state index contributed by atoms with van der Waals surface area (Å²) in [6, 6.07) is 2.80. The summed E-state index contributed by atoms with van der Waals surface area (Å²) >= 11 is 0. The van der Waals surface area contributed by atoms with Crippen LogP contribution in [0, 0.1) is 6.92 Å². The van der Waals surface area contributed by atoms with Crippen molar-refractivity contribution in [2.24, 2.45) is 5.73 Å². The van der Waals surface area contributed by atoms with Gasteiger partial charge < -0.3 is 15.5 Å². The normalized spacial score (nSPS) is 9.93. The topological polar surface area (TPSA) is 97.4 Å². The lowest BCUT2D eigenvalue weighted by atomic mass is 10.4. The predicted octanol–water partition coefficient (Wildman–Crippen LogP) is -0.127. The summed E-state index contributed by atoms with van der Waals surface area (Å²) in [6.45, 7) is 2.28. The van der Waals surface area contributed by atoms with Crippen LogP contribution in [-0.4, -0.2) is 18.5 Å². The first-order valence-corrected chi connectivity index (χ1v) is 4.43. The number of primary amides is 1. The quantitative estimate of drug-likeness (QED) is 0.646. The number of furan rings is 1. The molecule has 82 valence electrons. The van der Waals surface area contributed by atoms with Gasteiger partial charge in [-0.2, -0.15) is 0 Å². The lowest BCUT2D eigenvalue weighted by Crippen LogP contribution is -2.40. The first-order chi connectivity index (χ1) is 7.08. The maximum absolute atomic E-state index is 10.9. The molecule has 0 radical (unpaired) electrons. The van der Waals surface area contributed by atoms with Gasteiger partial charge in [0, 0.05) is 0 Å². The molecule has 0 saturated carbocycles. The third kappa shape index (κ3) is 4.28. The molecule has 0 bridgehead atoms. The smallest absolute Gasteiger partial charge is 0.318 e. The number of imide groups is 1. The molecule has 0 atom stereocenters. The molecule has 0 unspecified atom stereocenters. The number of amides is 3. The Labute approximate surface area is 86.8 Å². The largest absolute Gasteiger partial charge is 0.465 e. The van der Waals surface area contributed by atoms with Crippen LogP contribution in [0.5, 0.6) is 0 Å². The molecule has 1 aromatic rings. The lowest BCUT2D eigenvalue weighted by molar-refractivity contribution is -0.119. The van der Waals surface area contributed by atoms with Crippen LogP contribution in [0.1, 0.15) is 11.5 Å². The Morgan fingerprint density at radius 3 is 2.73 bits per heavy atom. The van der Waals surface area contributed by atoms with Crippen LogP contribution in [0.3, 0.4) is 0 Å². The maximum atomic E-state index is 10.9. The summed E-state index contributed by atoms with van der Waals surface area (Å²) in [5, 5.41) is 4.75. The molecular formula is C9H13N3O3. The Morgan fingerprint density at radius 1 is 1.47 bits per heavy atom. The van der Waals surface area contributed by atoms with E-state index < -0.39 is 11.9 Å². The highest BCUT2D eigenvalue weighted by Gasteiger charge is 2.04. The Kier molecular flexibility index (Phi) is 3.87. The molecule has 0 spiro atoms. The number of nitrogens with one attached hydrogen (secondary N) is 2. The van der Waals surface area contributed by atoms with Gasteiger partial charge in [0.25, 0.3) is 0 Å². The molecule has 0 saturated heterocycles. The van der Waals surface area contributed by atoms with Crippen molar-refractivity contribution in [3.05, 3.63) is 23.7 Å². The van der Waals surface area contributed by atoms with E-state index in [9.17, 15) is 9.59 Å². The Balaban J connectivity index is 2.22. The van der Waals surface area contributed by atoms with Crippen molar-refractivity contribution in [3.63, 3.8) is 0 Å². The molecule has 0 aliphatic heterocycles. The number of hydrogen-bond acceptors (Lipinski definition) is 4. The van der Waals surface area contributed by atoms with Crippen LogP contribution in [0.4, 0.5) is 4.79 Å². The highest BCUT2D eigenvalue weighted by molar-refractivity contribution is 5.94. The van der Waals surface area contributed by atoms with E-state index >= 15 is 0 Å². The number of rotatable bonds is 4. The molecule has 0 aliphatic rings. The summed E-state index contributed by atoms with van der Waals surface area (Å²) in [4.78, 5) is 21.2. The van der Waals surface area contributed by atoms with Crippen molar-refractivity contribution in [2.75, 3.05) is 6.54 Å². The van der Waals surface area contributed by atoms with Crippen LogP contribution in [0.2, 0.25) is 0 Å². The van der Waals surface area contributed by atoms with E-state index in [4.69, 9.17) is 10.2 Å². The minimum absolute atomic E-state index is 0.0166. The summed E-state index contributed by atoms with van der Waals surface area (Å²) in [7, 11) is 0. The molecule has 15 heavy (non-hydrogen) atoms. The highest BCUT2D eigenvalue weighted by atomic mass is 16.3. The monoisotopic (exact) mass is 211 g/mol. The molecule has 3 amide bonds. The average Bonchev–Trinajstić information content (AvgIpc) is 2.50. The zero-order valence-electron chi connectivity index (χ0n) is 8.37. The van der Waals surface area contributed by atoms with Gasteiger partial charge in [-0.05, 0) is 19.1 Å². The first kappa shape index (κ1) is 11.3. The second-order valence-electron chi connectivity index (χ2n) is 3.03. The number of urea groups is 1. The fourth-order valence-electron chi connectivity index (χ4n) is 1.06. The molecule has 4 N–H and O–H groups in total. The zero-order valence-corrected chi connectivity index (χ0v) is 8.37. The third-order valence-corrected chi connectivity index (χ3v) is 1.64. The van der Waals surface area contributed by atoms with Gasteiger partial charge in [-0.15, -0.1) is 0 Å². The summed E-state index contributed by atoms with van der Waals surface area (Å²) in [6.07, 6.45) is 0. The molecule has 0 fully saturated rings. The Hall–Kier alpha value is -1.82. The van der Waals surface area contributed by atoms with E-state index in [1.807, 2.05) is 24.4 Å². The van der Waals surface area contributed by atoms with Crippen LogP contribution in [-0.2, 0) is 11.3 Å². The fraction of sp³-hybridized carbons (Fsp3) is 0.333. The second kappa shape index (κ2) is 5.16. The Bertz CT molecular complexity index is 359. The Morgan fingerprint density at radius 2 is 2.20 bits per heavy atom. The molecule has 1 heterocycles. The van der Waals surface area contributed by atoms with E-state index in [1.54, 1.807) is 0 Å². The van der Waals surface area contributed by atoms with Gasteiger partial charge in [-0.1, -0.05) is 0 Å². The average molecular weight is 211 g/mol. The van der Waals surface area contributed by atoms with Crippen molar-refractivity contribution >= 4 is 11.9 Å². The van der Waals surface area contributed by atoms with Gasteiger partial charge in [-0.25, -0.2) is 4.79 Å². The van der Waals surface area contributed by atoms with Crippen LogP contribution in [0.15, 0.2) is 16.5 Å². The van der Waals surface area contributed by atoms with Gasteiger partial charge in [0.15, 0.2) is 0 Å².